The summed E-state index contributed by atoms with van der Waals surface area (Å²) in [4.78, 5) is 0. The maximum absolute atomic E-state index is 5.46. The van der Waals surface area contributed by atoms with Gasteiger partial charge in [-0.05, 0) is 55.3 Å². The molecule has 0 radical (unpaired) electrons. The lowest BCUT2D eigenvalue weighted by Gasteiger charge is -2.17. The number of hydrogen-bond acceptors (Lipinski definition) is 3. The molecule has 2 aromatic carbocycles. The molecule has 0 fully saturated rings. The Kier molecular flexibility index (Phi) is 4.86. The van der Waals surface area contributed by atoms with Crippen LogP contribution in [0.15, 0.2) is 30.3 Å². The van der Waals surface area contributed by atoms with Crippen LogP contribution in [0.3, 0.4) is 0 Å². The molecule has 2 rings (SSSR count). The molecule has 3 nitrogen and oxygen atoms in total. The first-order valence-electron chi connectivity index (χ1n) is 7.07. The summed E-state index contributed by atoms with van der Waals surface area (Å²) in [7, 11) is 5.28. The maximum Gasteiger partial charge on any atom is 0.161 e. The lowest BCUT2D eigenvalue weighted by Crippen LogP contribution is -2.07. The summed E-state index contributed by atoms with van der Waals surface area (Å²) in [5, 5.41) is 3.22. The second-order valence-electron chi connectivity index (χ2n) is 5.21. The zero-order valence-corrected chi connectivity index (χ0v) is 13.4. The summed E-state index contributed by atoms with van der Waals surface area (Å²) in [5.74, 6) is 1.52. The summed E-state index contributed by atoms with van der Waals surface area (Å²) in [6, 6.07) is 10.6. The molecule has 0 saturated heterocycles. The van der Waals surface area contributed by atoms with Crippen molar-refractivity contribution in [2.24, 2.45) is 0 Å². The van der Waals surface area contributed by atoms with E-state index in [1.165, 1.54) is 27.8 Å². The van der Waals surface area contributed by atoms with Crippen LogP contribution >= 0.6 is 0 Å². The largest absolute Gasteiger partial charge is 0.493 e. The number of rotatable bonds is 5. The molecule has 0 bridgehead atoms. The van der Waals surface area contributed by atoms with Gasteiger partial charge >= 0.3 is 0 Å². The molecule has 1 N–H and O–H groups in total. The van der Waals surface area contributed by atoms with Crippen molar-refractivity contribution in [3.05, 3.63) is 47.0 Å². The third-order valence-electron chi connectivity index (χ3n) is 3.66. The van der Waals surface area contributed by atoms with Crippen molar-refractivity contribution in [2.75, 3.05) is 21.3 Å². The SMILES string of the molecule is CNCc1cc(OC)c(OC)cc1-c1cc(C)ccc1C. The number of methoxy groups -OCH3 is 2. The summed E-state index contributed by atoms with van der Waals surface area (Å²) in [5.41, 5.74) is 6.12. The van der Waals surface area contributed by atoms with Crippen LogP contribution in [0.25, 0.3) is 11.1 Å². The Bertz CT molecular complexity index is 635. The van der Waals surface area contributed by atoms with Crippen molar-refractivity contribution in [1.82, 2.24) is 5.32 Å². The fourth-order valence-electron chi connectivity index (χ4n) is 2.53. The van der Waals surface area contributed by atoms with Gasteiger partial charge in [-0.25, -0.2) is 0 Å². The number of aryl methyl sites for hydroxylation is 2. The van der Waals surface area contributed by atoms with Crippen LogP contribution in [0, 0.1) is 13.8 Å². The van der Waals surface area contributed by atoms with E-state index in [4.69, 9.17) is 9.47 Å². The number of benzene rings is 2. The zero-order valence-electron chi connectivity index (χ0n) is 13.4. The van der Waals surface area contributed by atoms with Crippen LogP contribution in [0.4, 0.5) is 0 Å². The molecule has 0 aliphatic carbocycles. The zero-order chi connectivity index (χ0) is 15.4. The van der Waals surface area contributed by atoms with Crippen molar-refractivity contribution in [3.63, 3.8) is 0 Å². The fraction of sp³-hybridized carbons (Fsp3) is 0.333. The molecule has 3 heteroatoms. The monoisotopic (exact) mass is 285 g/mol. The van der Waals surface area contributed by atoms with Crippen molar-refractivity contribution in [3.8, 4) is 22.6 Å². The summed E-state index contributed by atoms with van der Waals surface area (Å²) in [6.45, 7) is 5.03. The first kappa shape index (κ1) is 15.4. The predicted octanol–water partition coefficient (Wildman–Crippen LogP) is 3.71. The Morgan fingerprint density at radius 3 is 2.19 bits per heavy atom. The minimum atomic E-state index is 0.758. The van der Waals surface area contributed by atoms with Gasteiger partial charge in [-0.15, -0.1) is 0 Å². The van der Waals surface area contributed by atoms with Crippen LogP contribution in [0.1, 0.15) is 16.7 Å². The molecule has 0 heterocycles. The molecule has 0 atom stereocenters. The molecule has 21 heavy (non-hydrogen) atoms. The molecule has 2 aromatic rings. The fourth-order valence-corrected chi connectivity index (χ4v) is 2.53. The van der Waals surface area contributed by atoms with E-state index in [1.54, 1.807) is 14.2 Å². The second kappa shape index (κ2) is 6.64. The standard InChI is InChI=1S/C18H23NO2/c1-12-6-7-13(2)15(8-12)16-10-18(21-5)17(20-4)9-14(16)11-19-3/h6-10,19H,11H2,1-5H3. The lowest BCUT2D eigenvalue weighted by atomic mass is 9.94. The van der Waals surface area contributed by atoms with Crippen LogP contribution in [-0.2, 0) is 6.54 Å². The highest BCUT2D eigenvalue weighted by molar-refractivity contribution is 5.74. The molecule has 0 aliphatic rings. The molecule has 0 unspecified atom stereocenters. The van der Waals surface area contributed by atoms with E-state index in [2.05, 4.69) is 43.4 Å². The van der Waals surface area contributed by atoms with Crippen LogP contribution in [-0.4, -0.2) is 21.3 Å². The van der Waals surface area contributed by atoms with Crippen LogP contribution in [0.5, 0.6) is 11.5 Å². The molecule has 0 aromatic heterocycles. The van der Waals surface area contributed by atoms with Gasteiger partial charge in [0, 0.05) is 6.54 Å². The Morgan fingerprint density at radius 2 is 1.57 bits per heavy atom. The van der Waals surface area contributed by atoms with Crippen LogP contribution in [0.2, 0.25) is 0 Å². The predicted molar refractivity (Wildman–Crippen MR) is 87.2 cm³/mol. The van der Waals surface area contributed by atoms with Gasteiger partial charge in [0.05, 0.1) is 14.2 Å². The summed E-state index contributed by atoms with van der Waals surface area (Å²) < 4.78 is 10.9. The average Bonchev–Trinajstić information content (AvgIpc) is 2.49. The minimum absolute atomic E-state index is 0.758. The first-order chi connectivity index (χ1) is 10.1. The number of ether oxygens (including phenoxy) is 2. The van der Waals surface area contributed by atoms with Crippen molar-refractivity contribution < 1.29 is 9.47 Å². The molecular weight excluding hydrogens is 262 g/mol. The quantitative estimate of drug-likeness (QED) is 0.908. The number of hydrogen-bond donors (Lipinski definition) is 1. The molecular formula is C18H23NO2. The van der Waals surface area contributed by atoms with E-state index in [0.717, 1.165) is 18.0 Å². The maximum atomic E-state index is 5.46. The van der Waals surface area contributed by atoms with Gasteiger partial charge in [0.25, 0.3) is 0 Å². The number of nitrogens with one attached hydrogen (secondary N) is 1. The van der Waals surface area contributed by atoms with E-state index in [0.29, 0.717) is 0 Å². The molecule has 112 valence electrons. The normalized spacial score (nSPS) is 10.5. The van der Waals surface area contributed by atoms with E-state index in [9.17, 15) is 0 Å². The van der Waals surface area contributed by atoms with E-state index >= 15 is 0 Å². The molecule has 0 amide bonds. The highest BCUT2D eigenvalue weighted by Gasteiger charge is 2.14. The smallest absolute Gasteiger partial charge is 0.161 e. The summed E-state index contributed by atoms with van der Waals surface area (Å²) in [6.07, 6.45) is 0. The van der Waals surface area contributed by atoms with E-state index in [1.807, 2.05) is 13.1 Å². The highest BCUT2D eigenvalue weighted by Crippen LogP contribution is 2.37. The van der Waals surface area contributed by atoms with Gasteiger partial charge < -0.3 is 14.8 Å². The first-order valence-corrected chi connectivity index (χ1v) is 7.07. The minimum Gasteiger partial charge on any atom is -0.493 e. The third-order valence-corrected chi connectivity index (χ3v) is 3.66. The molecule has 0 aliphatic heterocycles. The van der Waals surface area contributed by atoms with Gasteiger partial charge in [-0.3, -0.25) is 0 Å². The van der Waals surface area contributed by atoms with Gasteiger partial charge in [0.2, 0.25) is 0 Å². The topological polar surface area (TPSA) is 30.5 Å². The Hall–Kier alpha value is -2.00. The Labute approximate surface area is 126 Å². The Morgan fingerprint density at radius 1 is 0.905 bits per heavy atom. The summed E-state index contributed by atoms with van der Waals surface area (Å²) >= 11 is 0. The van der Waals surface area contributed by atoms with Crippen molar-refractivity contribution in [2.45, 2.75) is 20.4 Å². The van der Waals surface area contributed by atoms with Crippen LogP contribution < -0.4 is 14.8 Å². The third kappa shape index (κ3) is 3.19. The molecule has 0 saturated carbocycles. The van der Waals surface area contributed by atoms with Gasteiger partial charge in [-0.2, -0.15) is 0 Å². The van der Waals surface area contributed by atoms with Gasteiger partial charge in [-0.1, -0.05) is 23.8 Å². The lowest BCUT2D eigenvalue weighted by molar-refractivity contribution is 0.354. The van der Waals surface area contributed by atoms with Gasteiger partial charge in [0.15, 0.2) is 11.5 Å². The Balaban J connectivity index is 2.67. The van der Waals surface area contributed by atoms with Crippen molar-refractivity contribution in [1.29, 1.82) is 0 Å². The average molecular weight is 285 g/mol. The second-order valence-corrected chi connectivity index (χ2v) is 5.21. The van der Waals surface area contributed by atoms with E-state index in [-0.39, 0.29) is 0 Å². The van der Waals surface area contributed by atoms with Gasteiger partial charge in [0.1, 0.15) is 0 Å². The highest BCUT2D eigenvalue weighted by atomic mass is 16.5. The van der Waals surface area contributed by atoms with Crippen molar-refractivity contribution >= 4 is 0 Å². The molecule has 0 spiro atoms. The van der Waals surface area contributed by atoms with E-state index < -0.39 is 0 Å².